The number of ether oxygens (including phenoxy) is 1. The fourth-order valence-electron chi connectivity index (χ4n) is 2.69. The minimum Gasteiger partial charge on any atom is -0.444 e. The Morgan fingerprint density at radius 1 is 1.31 bits per heavy atom. The first-order chi connectivity index (χ1) is 12.2. The van der Waals surface area contributed by atoms with Crippen LogP contribution >= 0.6 is 0 Å². The Morgan fingerprint density at radius 3 is 2.69 bits per heavy atom. The molecule has 7 heteroatoms. The van der Waals surface area contributed by atoms with Crippen LogP contribution in [0.5, 0.6) is 0 Å². The zero-order valence-corrected chi connectivity index (χ0v) is 15.8. The molecule has 0 saturated carbocycles. The monoisotopic (exact) mass is 361 g/mol. The first-order valence-corrected chi connectivity index (χ1v) is 8.83. The van der Waals surface area contributed by atoms with Gasteiger partial charge >= 0.3 is 12.1 Å². The third-order valence-corrected chi connectivity index (χ3v) is 3.93. The van der Waals surface area contributed by atoms with E-state index < -0.39 is 11.7 Å². The van der Waals surface area contributed by atoms with Gasteiger partial charge in [-0.2, -0.15) is 0 Å². The highest BCUT2D eigenvalue weighted by molar-refractivity contribution is 6.05. The van der Waals surface area contributed by atoms with E-state index in [1.165, 1.54) is 0 Å². The summed E-state index contributed by atoms with van der Waals surface area (Å²) in [4.78, 5) is 36.6. The molecule has 1 heterocycles. The van der Waals surface area contributed by atoms with Crippen LogP contribution in [0.2, 0.25) is 0 Å². The first-order valence-electron chi connectivity index (χ1n) is 8.83. The molecule has 2 rings (SSSR count). The van der Waals surface area contributed by atoms with E-state index in [1.807, 2.05) is 45.9 Å². The second-order valence-corrected chi connectivity index (χ2v) is 7.41. The smallest absolute Gasteiger partial charge is 0.407 e. The maximum atomic E-state index is 12.1. The number of aryl methyl sites for hydroxylation is 2. The van der Waals surface area contributed by atoms with Gasteiger partial charge in [0.15, 0.2) is 0 Å². The van der Waals surface area contributed by atoms with Crippen molar-refractivity contribution in [2.24, 2.45) is 0 Å². The average molecular weight is 361 g/mol. The van der Waals surface area contributed by atoms with E-state index in [0.29, 0.717) is 19.5 Å². The molecule has 1 aliphatic rings. The number of anilines is 1. The molecule has 142 valence electrons. The van der Waals surface area contributed by atoms with E-state index in [9.17, 15) is 14.4 Å². The number of benzene rings is 1. The molecule has 1 aromatic rings. The number of urea groups is 1. The van der Waals surface area contributed by atoms with Crippen molar-refractivity contribution >= 4 is 23.7 Å². The van der Waals surface area contributed by atoms with E-state index in [0.717, 1.165) is 29.7 Å². The van der Waals surface area contributed by atoms with Crippen LogP contribution in [0.25, 0.3) is 0 Å². The molecule has 0 aliphatic carbocycles. The number of hydrogen-bond donors (Lipinski definition) is 2. The van der Waals surface area contributed by atoms with E-state index in [4.69, 9.17) is 4.74 Å². The van der Waals surface area contributed by atoms with Crippen LogP contribution in [0.3, 0.4) is 0 Å². The highest BCUT2D eigenvalue weighted by Gasteiger charge is 2.25. The Labute approximate surface area is 154 Å². The molecule has 4 amide bonds. The fourth-order valence-corrected chi connectivity index (χ4v) is 2.69. The van der Waals surface area contributed by atoms with Crippen molar-refractivity contribution in [2.45, 2.75) is 52.6 Å². The molecule has 0 aromatic heterocycles. The molecule has 1 saturated heterocycles. The maximum Gasteiger partial charge on any atom is 0.407 e. The summed E-state index contributed by atoms with van der Waals surface area (Å²) in [6.45, 7) is 8.30. The summed E-state index contributed by atoms with van der Waals surface area (Å²) in [5.41, 5.74) is 2.35. The number of nitrogens with zero attached hydrogens (tertiary/aromatic N) is 1. The number of carbonyl (C=O) groups is 3. The van der Waals surface area contributed by atoms with Crippen molar-refractivity contribution in [1.29, 1.82) is 0 Å². The molecule has 0 unspecified atom stereocenters. The first kappa shape index (κ1) is 19.8. The van der Waals surface area contributed by atoms with Gasteiger partial charge in [0.25, 0.3) is 0 Å². The van der Waals surface area contributed by atoms with E-state index >= 15 is 0 Å². The summed E-state index contributed by atoms with van der Waals surface area (Å²) in [6, 6.07) is 5.57. The van der Waals surface area contributed by atoms with Crippen LogP contribution in [0.4, 0.5) is 15.3 Å². The topological polar surface area (TPSA) is 87.7 Å². The van der Waals surface area contributed by atoms with Crippen LogP contribution in [-0.2, 0) is 16.0 Å². The van der Waals surface area contributed by atoms with Gasteiger partial charge in [0.05, 0.1) is 0 Å². The third-order valence-electron chi connectivity index (χ3n) is 3.93. The Kier molecular flexibility index (Phi) is 6.23. The van der Waals surface area contributed by atoms with E-state index in [-0.39, 0.29) is 11.9 Å². The van der Waals surface area contributed by atoms with Crippen LogP contribution in [-0.4, -0.2) is 36.7 Å². The molecule has 0 spiro atoms. The van der Waals surface area contributed by atoms with Crippen molar-refractivity contribution in [2.75, 3.05) is 18.0 Å². The largest absolute Gasteiger partial charge is 0.444 e. The average Bonchev–Trinajstić information content (AvgIpc) is 2.52. The molecule has 0 radical (unpaired) electrons. The van der Waals surface area contributed by atoms with Crippen LogP contribution in [0.1, 0.15) is 44.7 Å². The predicted octanol–water partition coefficient (Wildman–Crippen LogP) is 2.90. The van der Waals surface area contributed by atoms with Gasteiger partial charge in [0, 0.05) is 25.2 Å². The number of carbonyl (C=O) groups excluding carboxylic acids is 3. The van der Waals surface area contributed by atoms with Crippen LogP contribution < -0.4 is 15.5 Å². The van der Waals surface area contributed by atoms with Gasteiger partial charge in [-0.25, -0.2) is 9.59 Å². The van der Waals surface area contributed by atoms with E-state index in [1.54, 1.807) is 4.90 Å². The van der Waals surface area contributed by atoms with Crippen molar-refractivity contribution in [3.63, 3.8) is 0 Å². The Hall–Kier alpha value is -2.57. The van der Waals surface area contributed by atoms with Crippen LogP contribution in [0.15, 0.2) is 18.2 Å². The second kappa shape index (κ2) is 8.21. The maximum absolute atomic E-state index is 12.1. The predicted molar refractivity (Wildman–Crippen MR) is 99.2 cm³/mol. The number of hydrogen-bond acceptors (Lipinski definition) is 4. The van der Waals surface area contributed by atoms with Gasteiger partial charge in [-0.15, -0.1) is 0 Å². The van der Waals surface area contributed by atoms with Crippen molar-refractivity contribution in [1.82, 2.24) is 10.6 Å². The number of imide groups is 1. The molecule has 0 atom stereocenters. The van der Waals surface area contributed by atoms with Crippen molar-refractivity contribution < 1.29 is 19.1 Å². The highest BCUT2D eigenvalue weighted by atomic mass is 16.6. The standard InChI is InChI=1S/C19H27N3O4/c1-13-7-8-14(6-5-10-20-18(25)26-19(2,3)4)12-15(13)22-11-9-16(23)21-17(22)24/h7-8,12H,5-6,9-11H2,1-4H3,(H,20,25)(H,21,23,24). The Morgan fingerprint density at radius 2 is 2.04 bits per heavy atom. The minimum absolute atomic E-state index is 0.242. The lowest BCUT2D eigenvalue weighted by Crippen LogP contribution is -2.49. The Bertz CT molecular complexity index is 695. The molecule has 7 nitrogen and oxygen atoms in total. The van der Waals surface area contributed by atoms with Gasteiger partial charge in [-0.1, -0.05) is 12.1 Å². The lowest BCUT2D eigenvalue weighted by Gasteiger charge is -2.28. The Balaban J connectivity index is 1.90. The molecule has 2 N–H and O–H groups in total. The van der Waals surface area contributed by atoms with Gasteiger partial charge in [-0.3, -0.25) is 15.0 Å². The van der Waals surface area contributed by atoms with Crippen molar-refractivity contribution in [3.05, 3.63) is 29.3 Å². The molecular weight excluding hydrogens is 334 g/mol. The number of alkyl carbamates (subject to hydrolysis) is 1. The number of rotatable bonds is 5. The van der Waals surface area contributed by atoms with Crippen LogP contribution in [0, 0.1) is 6.92 Å². The third kappa shape index (κ3) is 5.75. The lowest BCUT2D eigenvalue weighted by molar-refractivity contribution is -0.120. The lowest BCUT2D eigenvalue weighted by atomic mass is 10.0. The molecular formula is C19H27N3O4. The van der Waals surface area contributed by atoms with Gasteiger partial charge in [0.2, 0.25) is 5.91 Å². The normalized spacial score (nSPS) is 14.8. The number of nitrogens with one attached hydrogen (secondary N) is 2. The summed E-state index contributed by atoms with van der Waals surface area (Å²) >= 11 is 0. The SMILES string of the molecule is Cc1ccc(CCCNC(=O)OC(C)(C)C)cc1N1CCC(=O)NC1=O. The molecule has 1 aromatic carbocycles. The molecule has 26 heavy (non-hydrogen) atoms. The summed E-state index contributed by atoms with van der Waals surface area (Å²) in [5, 5.41) is 5.08. The summed E-state index contributed by atoms with van der Waals surface area (Å²) < 4.78 is 5.20. The highest BCUT2D eigenvalue weighted by Crippen LogP contribution is 2.24. The van der Waals surface area contributed by atoms with Crippen molar-refractivity contribution in [3.8, 4) is 0 Å². The summed E-state index contributed by atoms with van der Waals surface area (Å²) in [5.74, 6) is -0.242. The summed E-state index contributed by atoms with van der Waals surface area (Å²) in [6.07, 6.45) is 1.40. The zero-order chi connectivity index (χ0) is 19.3. The van der Waals surface area contributed by atoms with E-state index in [2.05, 4.69) is 10.6 Å². The minimum atomic E-state index is -0.508. The van der Waals surface area contributed by atoms with Gasteiger partial charge in [0.1, 0.15) is 5.60 Å². The number of amides is 4. The molecule has 0 bridgehead atoms. The quantitative estimate of drug-likeness (QED) is 0.790. The molecule has 1 aliphatic heterocycles. The second-order valence-electron chi connectivity index (χ2n) is 7.41. The van der Waals surface area contributed by atoms with Gasteiger partial charge in [-0.05, 0) is 57.7 Å². The zero-order valence-electron chi connectivity index (χ0n) is 15.8. The van der Waals surface area contributed by atoms with Gasteiger partial charge < -0.3 is 10.1 Å². The summed E-state index contributed by atoms with van der Waals surface area (Å²) in [7, 11) is 0. The fraction of sp³-hybridized carbons (Fsp3) is 0.526. The molecule has 1 fully saturated rings.